The molecule has 2 aromatic rings. The van der Waals surface area contributed by atoms with Gasteiger partial charge >= 0.3 is 0 Å². The molecule has 0 aromatic carbocycles. The summed E-state index contributed by atoms with van der Waals surface area (Å²) in [7, 11) is 0. The van der Waals surface area contributed by atoms with Crippen molar-refractivity contribution in [3.63, 3.8) is 0 Å². The van der Waals surface area contributed by atoms with Gasteiger partial charge in [0.05, 0.1) is 5.41 Å². The molecule has 0 radical (unpaired) electrons. The summed E-state index contributed by atoms with van der Waals surface area (Å²) in [6, 6.07) is 4.73. The highest BCUT2D eigenvalue weighted by Gasteiger charge is 2.66. The Kier molecular flexibility index (Phi) is 2.65. The van der Waals surface area contributed by atoms with Gasteiger partial charge in [0.15, 0.2) is 0 Å². The van der Waals surface area contributed by atoms with Crippen LogP contribution >= 0.6 is 11.3 Å². The monoisotopic (exact) mass is 275 g/mol. The van der Waals surface area contributed by atoms with E-state index in [1.165, 1.54) is 4.88 Å². The van der Waals surface area contributed by atoms with Crippen LogP contribution in [0.25, 0.3) is 0 Å². The predicted octanol–water partition coefficient (Wildman–Crippen LogP) is 3.94. The normalized spacial score (nSPS) is 24.9. The van der Waals surface area contributed by atoms with Crippen LogP contribution in [0, 0.1) is 12.3 Å². The lowest BCUT2D eigenvalue weighted by molar-refractivity contribution is 0.453. The molecule has 4 heteroatoms. The molecule has 1 fully saturated rings. The molecule has 0 amide bonds. The van der Waals surface area contributed by atoms with Crippen molar-refractivity contribution in [2.24, 2.45) is 5.41 Å². The van der Waals surface area contributed by atoms with Gasteiger partial charge in [-0.05, 0) is 44.1 Å². The molecule has 1 unspecified atom stereocenters. The Balaban J connectivity index is 2.19. The molecule has 1 aliphatic rings. The zero-order chi connectivity index (χ0) is 13.8. The number of thiophene rings is 1. The van der Waals surface area contributed by atoms with Crippen molar-refractivity contribution in [1.82, 2.24) is 14.8 Å². The van der Waals surface area contributed by atoms with Gasteiger partial charge in [0.1, 0.15) is 11.6 Å². The van der Waals surface area contributed by atoms with Gasteiger partial charge < -0.3 is 0 Å². The van der Waals surface area contributed by atoms with E-state index in [4.69, 9.17) is 4.98 Å². The molecule has 0 N–H and O–H groups in total. The van der Waals surface area contributed by atoms with Crippen molar-refractivity contribution in [2.45, 2.75) is 52.5 Å². The molecule has 1 saturated carbocycles. The molecule has 102 valence electrons. The summed E-state index contributed by atoms with van der Waals surface area (Å²) >= 11 is 1.84. The van der Waals surface area contributed by atoms with E-state index in [1.54, 1.807) is 0 Å². The van der Waals surface area contributed by atoms with Gasteiger partial charge in [-0.2, -0.15) is 5.10 Å². The van der Waals surface area contributed by atoms with Gasteiger partial charge in [0, 0.05) is 10.9 Å². The largest absolute Gasteiger partial charge is 0.246 e. The minimum absolute atomic E-state index is 0.0622. The number of hydrogen-bond donors (Lipinski definition) is 0. The molecule has 3 nitrogen and oxygen atoms in total. The predicted molar refractivity (Wildman–Crippen MR) is 78.6 cm³/mol. The maximum Gasteiger partial charge on any atom is 0.147 e. The van der Waals surface area contributed by atoms with E-state index in [2.05, 4.69) is 55.0 Å². The van der Waals surface area contributed by atoms with E-state index >= 15 is 0 Å². The third-order valence-electron chi connectivity index (χ3n) is 4.29. The van der Waals surface area contributed by atoms with Crippen molar-refractivity contribution < 1.29 is 0 Å². The van der Waals surface area contributed by atoms with Crippen molar-refractivity contribution in [3.05, 3.63) is 34.0 Å². The maximum absolute atomic E-state index is 4.78. The van der Waals surface area contributed by atoms with Crippen LogP contribution in [0.1, 0.15) is 56.7 Å². The van der Waals surface area contributed by atoms with Gasteiger partial charge in [0.2, 0.25) is 0 Å². The SMILES string of the molecule is Cc1nc(C2(c3cccs3)CC2(C)C)n(C(C)C)n1. The molecule has 0 saturated heterocycles. The Labute approximate surface area is 118 Å². The quantitative estimate of drug-likeness (QED) is 0.849. The summed E-state index contributed by atoms with van der Waals surface area (Å²) in [5, 5.41) is 6.76. The van der Waals surface area contributed by atoms with Gasteiger partial charge in [-0.3, -0.25) is 0 Å². The first-order valence-corrected chi connectivity index (χ1v) is 7.74. The second kappa shape index (κ2) is 3.92. The number of hydrogen-bond acceptors (Lipinski definition) is 3. The number of aromatic nitrogens is 3. The van der Waals surface area contributed by atoms with Gasteiger partial charge in [-0.25, -0.2) is 9.67 Å². The van der Waals surface area contributed by atoms with E-state index in [9.17, 15) is 0 Å². The second-order valence-corrected chi connectivity index (χ2v) is 7.41. The van der Waals surface area contributed by atoms with Crippen LogP contribution in [0.2, 0.25) is 0 Å². The fraction of sp³-hybridized carbons (Fsp3) is 0.600. The first-order valence-electron chi connectivity index (χ1n) is 6.86. The maximum atomic E-state index is 4.78. The Morgan fingerprint density at radius 1 is 1.37 bits per heavy atom. The van der Waals surface area contributed by atoms with Crippen LogP contribution in [-0.4, -0.2) is 14.8 Å². The summed E-state index contributed by atoms with van der Waals surface area (Å²) in [6.07, 6.45) is 1.16. The lowest BCUT2D eigenvalue weighted by Gasteiger charge is -2.21. The molecular formula is C15H21N3S. The Hall–Kier alpha value is -1.16. The van der Waals surface area contributed by atoms with Crippen LogP contribution in [0.3, 0.4) is 0 Å². The standard InChI is InChI=1S/C15H21N3S/c1-10(2)18-13(16-11(3)17-18)15(9-14(15,4)5)12-7-6-8-19-12/h6-8,10H,9H2,1-5H3. The minimum Gasteiger partial charge on any atom is -0.246 e. The molecule has 2 heterocycles. The molecule has 1 atom stereocenters. The lowest BCUT2D eigenvalue weighted by Crippen LogP contribution is -2.22. The summed E-state index contributed by atoms with van der Waals surface area (Å²) in [5.41, 5.74) is 0.330. The van der Waals surface area contributed by atoms with Crippen LogP contribution in [0.5, 0.6) is 0 Å². The first kappa shape index (κ1) is 12.9. The Bertz CT molecular complexity index is 595. The second-order valence-electron chi connectivity index (χ2n) is 6.46. The molecule has 3 rings (SSSR count). The minimum atomic E-state index is 0.0622. The zero-order valence-electron chi connectivity index (χ0n) is 12.3. The van der Waals surface area contributed by atoms with Crippen LogP contribution in [-0.2, 0) is 5.41 Å². The van der Waals surface area contributed by atoms with Crippen molar-refractivity contribution in [1.29, 1.82) is 0 Å². The molecule has 2 aromatic heterocycles. The topological polar surface area (TPSA) is 30.7 Å². The van der Waals surface area contributed by atoms with Crippen molar-refractivity contribution >= 4 is 11.3 Å². The smallest absolute Gasteiger partial charge is 0.147 e. The highest BCUT2D eigenvalue weighted by atomic mass is 32.1. The summed E-state index contributed by atoms with van der Waals surface area (Å²) < 4.78 is 2.11. The van der Waals surface area contributed by atoms with Gasteiger partial charge in [-0.15, -0.1) is 11.3 Å². The van der Waals surface area contributed by atoms with Crippen molar-refractivity contribution in [2.75, 3.05) is 0 Å². The average Bonchev–Trinajstić information content (AvgIpc) is 2.80. The molecule has 0 aliphatic heterocycles. The fourth-order valence-corrected chi connectivity index (χ4v) is 4.24. The van der Waals surface area contributed by atoms with Gasteiger partial charge in [-0.1, -0.05) is 19.9 Å². The molecule has 0 bridgehead atoms. The highest BCUT2D eigenvalue weighted by molar-refractivity contribution is 7.10. The van der Waals surface area contributed by atoms with E-state index < -0.39 is 0 Å². The van der Waals surface area contributed by atoms with Crippen molar-refractivity contribution in [3.8, 4) is 0 Å². The molecule has 0 spiro atoms. The van der Waals surface area contributed by atoms with E-state index in [1.807, 2.05) is 18.3 Å². The Morgan fingerprint density at radius 2 is 2.05 bits per heavy atom. The third kappa shape index (κ3) is 1.69. The van der Waals surface area contributed by atoms with Crippen LogP contribution < -0.4 is 0 Å². The summed E-state index contributed by atoms with van der Waals surface area (Å²) in [5.74, 6) is 2.02. The van der Waals surface area contributed by atoms with Crippen LogP contribution in [0.15, 0.2) is 17.5 Å². The first-order chi connectivity index (χ1) is 8.88. The zero-order valence-corrected chi connectivity index (χ0v) is 13.1. The number of rotatable bonds is 3. The van der Waals surface area contributed by atoms with E-state index in [0.717, 1.165) is 18.1 Å². The molecular weight excluding hydrogens is 254 g/mol. The Morgan fingerprint density at radius 3 is 2.53 bits per heavy atom. The lowest BCUT2D eigenvalue weighted by atomic mass is 9.93. The number of nitrogens with zero attached hydrogens (tertiary/aromatic N) is 3. The fourth-order valence-electron chi connectivity index (χ4n) is 3.13. The summed E-state index contributed by atoms with van der Waals surface area (Å²) in [6.45, 7) is 11.0. The highest BCUT2D eigenvalue weighted by Crippen LogP contribution is 2.68. The number of aryl methyl sites for hydroxylation is 1. The summed E-state index contributed by atoms with van der Waals surface area (Å²) in [4.78, 5) is 6.20. The third-order valence-corrected chi connectivity index (χ3v) is 5.32. The van der Waals surface area contributed by atoms with Gasteiger partial charge in [0.25, 0.3) is 0 Å². The van der Waals surface area contributed by atoms with E-state index in [-0.39, 0.29) is 10.8 Å². The van der Waals surface area contributed by atoms with E-state index in [0.29, 0.717) is 6.04 Å². The van der Waals surface area contributed by atoms with Crippen LogP contribution in [0.4, 0.5) is 0 Å². The molecule has 1 aliphatic carbocycles. The molecule has 19 heavy (non-hydrogen) atoms. The average molecular weight is 275 g/mol.